The molecule has 2 aromatic carbocycles. The summed E-state index contributed by atoms with van der Waals surface area (Å²) < 4.78 is 0. The summed E-state index contributed by atoms with van der Waals surface area (Å²) in [5, 5.41) is 5.14. The molecule has 2 aromatic rings. The van der Waals surface area contributed by atoms with Crippen LogP contribution in [0, 0.1) is 0 Å². The number of nitrogens with two attached hydrogens (primary N) is 1. The minimum Gasteiger partial charge on any atom is -0.325 e. The van der Waals surface area contributed by atoms with Gasteiger partial charge in [0.15, 0.2) is 0 Å². The van der Waals surface area contributed by atoms with Crippen molar-refractivity contribution in [3.8, 4) is 0 Å². The van der Waals surface area contributed by atoms with E-state index < -0.39 is 6.04 Å². The Bertz CT molecular complexity index is 577. The van der Waals surface area contributed by atoms with Crippen molar-refractivity contribution in [1.82, 2.24) is 0 Å². The summed E-state index contributed by atoms with van der Waals surface area (Å²) in [4.78, 5) is 11.9. The van der Waals surface area contributed by atoms with Crippen LogP contribution >= 0.6 is 24.2 Å². The number of halogens is 1. The Morgan fingerprint density at radius 1 is 1.25 bits per heavy atom. The Morgan fingerprint density at radius 3 is 2.65 bits per heavy atom. The first kappa shape index (κ1) is 16.8. The highest BCUT2D eigenvalue weighted by atomic mass is 35.5. The van der Waals surface area contributed by atoms with Gasteiger partial charge in [-0.25, -0.2) is 0 Å². The van der Waals surface area contributed by atoms with E-state index in [1.807, 2.05) is 48.7 Å². The Labute approximate surface area is 129 Å². The number of benzene rings is 2. The molecular formula is C15H19ClN2OS. The van der Waals surface area contributed by atoms with Crippen LogP contribution in [0.25, 0.3) is 10.8 Å². The minimum absolute atomic E-state index is 0. The molecule has 3 N–H and O–H groups in total. The van der Waals surface area contributed by atoms with E-state index in [1.54, 1.807) is 11.8 Å². The maximum absolute atomic E-state index is 11.9. The predicted octanol–water partition coefficient (Wildman–Crippen LogP) is 3.28. The molecule has 0 spiro atoms. The minimum atomic E-state index is -0.445. The van der Waals surface area contributed by atoms with Gasteiger partial charge in [-0.3, -0.25) is 4.79 Å². The number of fused-ring (bicyclic) bond motifs is 1. The quantitative estimate of drug-likeness (QED) is 0.891. The van der Waals surface area contributed by atoms with Crippen LogP contribution in [0.4, 0.5) is 5.69 Å². The van der Waals surface area contributed by atoms with Crippen LogP contribution in [0.1, 0.15) is 6.42 Å². The van der Waals surface area contributed by atoms with Gasteiger partial charge in [0.2, 0.25) is 5.91 Å². The van der Waals surface area contributed by atoms with Gasteiger partial charge in [-0.1, -0.05) is 30.3 Å². The molecule has 0 fully saturated rings. The zero-order valence-electron chi connectivity index (χ0n) is 11.3. The van der Waals surface area contributed by atoms with Gasteiger partial charge in [-0.15, -0.1) is 12.4 Å². The topological polar surface area (TPSA) is 55.1 Å². The van der Waals surface area contributed by atoms with Gasteiger partial charge in [-0.2, -0.15) is 11.8 Å². The van der Waals surface area contributed by atoms with E-state index in [9.17, 15) is 4.79 Å². The zero-order chi connectivity index (χ0) is 13.7. The highest BCUT2D eigenvalue weighted by Crippen LogP contribution is 2.19. The number of amides is 1. The van der Waals surface area contributed by atoms with Crippen molar-refractivity contribution in [3.05, 3.63) is 42.5 Å². The van der Waals surface area contributed by atoms with E-state index in [4.69, 9.17) is 5.73 Å². The molecule has 0 aliphatic heterocycles. The van der Waals surface area contributed by atoms with Crippen LogP contribution in [-0.2, 0) is 4.79 Å². The van der Waals surface area contributed by atoms with Gasteiger partial charge in [0, 0.05) is 5.69 Å². The van der Waals surface area contributed by atoms with Crippen molar-refractivity contribution in [3.63, 3.8) is 0 Å². The van der Waals surface area contributed by atoms with Crippen LogP contribution in [0.5, 0.6) is 0 Å². The molecule has 3 nitrogen and oxygen atoms in total. The maximum atomic E-state index is 11.9. The summed E-state index contributed by atoms with van der Waals surface area (Å²) in [7, 11) is 0. The molecule has 0 aliphatic carbocycles. The first-order valence-corrected chi connectivity index (χ1v) is 7.64. The van der Waals surface area contributed by atoms with Gasteiger partial charge in [0.25, 0.3) is 0 Å². The number of carbonyl (C=O) groups excluding carboxylic acids is 1. The summed E-state index contributed by atoms with van der Waals surface area (Å²) in [6.07, 6.45) is 2.70. The van der Waals surface area contributed by atoms with E-state index in [0.717, 1.165) is 22.2 Å². The Kier molecular flexibility index (Phi) is 6.85. The molecule has 5 heteroatoms. The molecule has 0 heterocycles. The second-order valence-electron chi connectivity index (χ2n) is 4.44. The molecule has 1 atom stereocenters. The van der Waals surface area contributed by atoms with Crippen molar-refractivity contribution >= 4 is 46.5 Å². The molecule has 0 aliphatic rings. The Hall–Kier alpha value is -1.23. The molecule has 0 aromatic heterocycles. The van der Waals surface area contributed by atoms with Crippen molar-refractivity contribution in [2.24, 2.45) is 5.73 Å². The monoisotopic (exact) mass is 310 g/mol. The summed E-state index contributed by atoms with van der Waals surface area (Å²) in [5.74, 6) is 0.774. The molecule has 0 saturated heterocycles. The average molecular weight is 311 g/mol. The lowest BCUT2D eigenvalue weighted by molar-refractivity contribution is -0.117. The Balaban J connectivity index is 0.00000200. The van der Waals surface area contributed by atoms with Crippen LogP contribution < -0.4 is 11.1 Å². The maximum Gasteiger partial charge on any atom is 0.241 e. The van der Waals surface area contributed by atoms with Gasteiger partial charge < -0.3 is 11.1 Å². The normalized spacial score (nSPS) is 11.7. The summed E-state index contributed by atoms with van der Waals surface area (Å²) in [6.45, 7) is 0. The zero-order valence-corrected chi connectivity index (χ0v) is 13.0. The third-order valence-electron chi connectivity index (χ3n) is 2.99. The van der Waals surface area contributed by atoms with Gasteiger partial charge in [0.1, 0.15) is 0 Å². The number of hydrogen-bond acceptors (Lipinski definition) is 3. The summed E-state index contributed by atoms with van der Waals surface area (Å²) >= 11 is 1.70. The molecular weight excluding hydrogens is 292 g/mol. The number of nitrogens with one attached hydrogen (secondary N) is 1. The standard InChI is InChI=1S/C15H18N2OS.ClH/c1-19-9-8-14(16)15(18)17-13-7-6-11-4-2-3-5-12(11)10-13;/h2-7,10,14H,8-9,16H2,1H3,(H,17,18);1H. The lowest BCUT2D eigenvalue weighted by Crippen LogP contribution is -2.36. The number of rotatable bonds is 5. The SMILES string of the molecule is CSCCC(N)C(=O)Nc1ccc2ccccc2c1.Cl. The van der Waals surface area contributed by atoms with Crippen LogP contribution in [0.2, 0.25) is 0 Å². The number of carbonyl (C=O) groups is 1. The fourth-order valence-corrected chi connectivity index (χ4v) is 2.37. The lowest BCUT2D eigenvalue weighted by atomic mass is 10.1. The van der Waals surface area contributed by atoms with E-state index in [0.29, 0.717) is 6.42 Å². The average Bonchev–Trinajstić information content (AvgIpc) is 2.44. The van der Waals surface area contributed by atoms with E-state index in [2.05, 4.69) is 5.32 Å². The van der Waals surface area contributed by atoms with Crippen LogP contribution in [-0.4, -0.2) is 24.0 Å². The van der Waals surface area contributed by atoms with E-state index in [1.165, 1.54) is 0 Å². The van der Waals surface area contributed by atoms with E-state index >= 15 is 0 Å². The fraction of sp³-hybridized carbons (Fsp3) is 0.267. The van der Waals surface area contributed by atoms with Crippen molar-refractivity contribution in [2.45, 2.75) is 12.5 Å². The highest BCUT2D eigenvalue weighted by molar-refractivity contribution is 7.98. The first-order valence-electron chi connectivity index (χ1n) is 6.25. The van der Waals surface area contributed by atoms with Crippen molar-refractivity contribution < 1.29 is 4.79 Å². The molecule has 2 rings (SSSR count). The summed E-state index contributed by atoms with van der Waals surface area (Å²) in [5.41, 5.74) is 6.63. The summed E-state index contributed by atoms with van der Waals surface area (Å²) in [6, 6.07) is 13.5. The number of hydrogen-bond donors (Lipinski definition) is 2. The molecule has 0 bridgehead atoms. The predicted molar refractivity (Wildman–Crippen MR) is 90.8 cm³/mol. The van der Waals surface area contributed by atoms with Crippen molar-refractivity contribution in [1.29, 1.82) is 0 Å². The number of anilines is 1. The molecule has 0 saturated carbocycles. The molecule has 1 unspecified atom stereocenters. The first-order chi connectivity index (χ1) is 9.20. The van der Waals surface area contributed by atoms with Crippen molar-refractivity contribution in [2.75, 3.05) is 17.3 Å². The second-order valence-corrected chi connectivity index (χ2v) is 5.42. The lowest BCUT2D eigenvalue weighted by Gasteiger charge is -2.12. The molecule has 1 amide bonds. The third-order valence-corrected chi connectivity index (χ3v) is 3.63. The largest absolute Gasteiger partial charge is 0.325 e. The molecule has 0 radical (unpaired) electrons. The molecule has 108 valence electrons. The van der Waals surface area contributed by atoms with Gasteiger partial charge in [0.05, 0.1) is 6.04 Å². The van der Waals surface area contributed by atoms with Gasteiger partial charge >= 0.3 is 0 Å². The smallest absolute Gasteiger partial charge is 0.241 e. The highest BCUT2D eigenvalue weighted by Gasteiger charge is 2.12. The number of thioether (sulfide) groups is 1. The third kappa shape index (κ3) is 4.40. The molecule has 20 heavy (non-hydrogen) atoms. The second kappa shape index (κ2) is 8.15. The van der Waals surface area contributed by atoms with Gasteiger partial charge in [-0.05, 0) is 41.3 Å². The van der Waals surface area contributed by atoms with Crippen LogP contribution in [0.3, 0.4) is 0 Å². The van der Waals surface area contributed by atoms with Crippen LogP contribution in [0.15, 0.2) is 42.5 Å². The Morgan fingerprint density at radius 2 is 1.95 bits per heavy atom. The fourth-order valence-electron chi connectivity index (χ4n) is 1.88. The van der Waals surface area contributed by atoms with E-state index in [-0.39, 0.29) is 18.3 Å².